The maximum absolute atomic E-state index is 5.42. The van der Waals surface area contributed by atoms with Crippen molar-refractivity contribution in [2.75, 3.05) is 40.0 Å². The number of nitrogens with zero attached hydrogens (tertiary/aromatic N) is 1. The molecule has 116 valence electrons. The first-order valence-corrected chi connectivity index (χ1v) is 7.63. The van der Waals surface area contributed by atoms with Gasteiger partial charge in [0.05, 0.1) is 13.2 Å². The Hall–Kier alpha value is -1.07. The fraction of sp³-hybridized carbons (Fsp3) is 0.800. The molecule has 5 heteroatoms. The molecule has 0 aliphatic heterocycles. The number of hydrogen-bond donors (Lipinski definition) is 2. The summed E-state index contributed by atoms with van der Waals surface area (Å²) in [5.74, 6) is 0.932. The summed E-state index contributed by atoms with van der Waals surface area (Å²) in [7, 11) is 1.69. The Labute approximate surface area is 122 Å². The number of guanidine groups is 1. The van der Waals surface area contributed by atoms with Crippen molar-refractivity contribution in [1.82, 2.24) is 10.6 Å². The van der Waals surface area contributed by atoms with Crippen LogP contribution in [-0.4, -0.2) is 52.0 Å². The van der Waals surface area contributed by atoms with Crippen LogP contribution >= 0.6 is 0 Å². The second kappa shape index (κ2) is 11.7. The van der Waals surface area contributed by atoms with E-state index in [2.05, 4.69) is 34.7 Å². The van der Waals surface area contributed by atoms with Gasteiger partial charge in [-0.2, -0.15) is 0 Å². The molecular formula is C15H29N3O2. The summed E-state index contributed by atoms with van der Waals surface area (Å²) < 4.78 is 10.3. The third-order valence-corrected chi connectivity index (χ3v) is 3.09. The van der Waals surface area contributed by atoms with Crippen LogP contribution in [-0.2, 0) is 9.47 Å². The molecule has 0 saturated carbocycles. The second-order valence-electron chi connectivity index (χ2n) is 4.86. The summed E-state index contributed by atoms with van der Waals surface area (Å²) >= 11 is 0. The quantitative estimate of drug-likeness (QED) is 0.277. The topological polar surface area (TPSA) is 54.9 Å². The van der Waals surface area contributed by atoms with Crippen molar-refractivity contribution in [1.29, 1.82) is 0 Å². The summed E-state index contributed by atoms with van der Waals surface area (Å²) in [6.45, 7) is 5.96. The fourth-order valence-electron chi connectivity index (χ4n) is 2.00. The van der Waals surface area contributed by atoms with Gasteiger partial charge in [-0.05, 0) is 32.6 Å². The minimum atomic E-state index is 0.505. The van der Waals surface area contributed by atoms with E-state index in [1.165, 1.54) is 0 Å². The van der Waals surface area contributed by atoms with Gasteiger partial charge in [0.15, 0.2) is 5.96 Å². The number of ether oxygens (including phenoxy) is 2. The zero-order chi connectivity index (χ0) is 14.5. The van der Waals surface area contributed by atoms with Gasteiger partial charge >= 0.3 is 0 Å². The Morgan fingerprint density at radius 2 is 2.00 bits per heavy atom. The van der Waals surface area contributed by atoms with Gasteiger partial charge in [0.25, 0.3) is 0 Å². The van der Waals surface area contributed by atoms with Gasteiger partial charge in [-0.25, -0.2) is 0 Å². The van der Waals surface area contributed by atoms with Crippen LogP contribution in [0.15, 0.2) is 17.1 Å². The van der Waals surface area contributed by atoms with Crippen molar-refractivity contribution in [3.63, 3.8) is 0 Å². The molecule has 0 aromatic heterocycles. The highest BCUT2D eigenvalue weighted by Crippen LogP contribution is 2.08. The highest BCUT2D eigenvalue weighted by molar-refractivity contribution is 5.80. The van der Waals surface area contributed by atoms with Gasteiger partial charge in [0.1, 0.15) is 0 Å². The molecule has 20 heavy (non-hydrogen) atoms. The van der Waals surface area contributed by atoms with Gasteiger partial charge in [0.2, 0.25) is 0 Å². The minimum Gasteiger partial charge on any atom is -0.382 e. The van der Waals surface area contributed by atoms with Gasteiger partial charge in [-0.1, -0.05) is 12.2 Å². The Balaban J connectivity index is 2.08. The molecule has 1 rings (SSSR count). The first kappa shape index (κ1) is 17.0. The average molecular weight is 283 g/mol. The molecule has 5 nitrogen and oxygen atoms in total. The molecule has 0 spiro atoms. The highest BCUT2D eigenvalue weighted by Gasteiger charge is 2.10. The first-order chi connectivity index (χ1) is 9.86. The smallest absolute Gasteiger partial charge is 0.191 e. The lowest BCUT2D eigenvalue weighted by Gasteiger charge is -2.16. The van der Waals surface area contributed by atoms with Crippen LogP contribution < -0.4 is 10.6 Å². The van der Waals surface area contributed by atoms with Crippen LogP contribution in [0.5, 0.6) is 0 Å². The molecule has 0 bridgehead atoms. The molecule has 0 saturated heterocycles. The molecule has 0 aromatic carbocycles. The Bertz CT molecular complexity index is 285. The van der Waals surface area contributed by atoms with E-state index in [0.717, 1.165) is 51.3 Å². The molecule has 0 unspecified atom stereocenters. The molecule has 1 aliphatic carbocycles. The van der Waals surface area contributed by atoms with Crippen LogP contribution in [0.1, 0.15) is 32.6 Å². The predicted molar refractivity (Wildman–Crippen MR) is 83.2 cm³/mol. The van der Waals surface area contributed by atoms with Crippen molar-refractivity contribution in [2.45, 2.75) is 38.6 Å². The molecule has 2 N–H and O–H groups in total. The van der Waals surface area contributed by atoms with E-state index < -0.39 is 0 Å². The van der Waals surface area contributed by atoms with Crippen LogP contribution in [0, 0.1) is 0 Å². The van der Waals surface area contributed by atoms with Crippen LogP contribution in [0.25, 0.3) is 0 Å². The van der Waals surface area contributed by atoms with Crippen molar-refractivity contribution in [2.24, 2.45) is 4.99 Å². The van der Waals surface area contributed by atoms with E-state index in [4.69, 9.17) is 9.47 Å². The molecule has 0 amide bonds. The van der Waals surface area contributed by atoms with E-state index in [1.807, 2.05) is 0 Å². The molecule has 0 fully saturated rings. The largest absolute Gasteiger partial charge is 0.382 e. The number of hydrogen-bond acceptors (Lipinski definition) is 3. The lowest BCUT2D eigenvalue weighted by molar-refractivity contribution is 0.0690. The van der Waals surface area contributed by atoms with E-state index >= 15 is 0 Å². The van der Waals surface area contributed by atoms with Crippen molar-refractivity contribution in [3.8, 4) is 0 Å². The monoisotopic (exact) mass is 283 g/mol. The van der Waals surface area contributed by atoms with E-state index in [0.29, 0.717) is 19.3 Å². The third kappa shape index (κ3) is 8.17. The summed E-state index contributed by atoms with van der Waals surface area (Å²) in [6, 6.07) is 0.505. The van der Waals surface area contributed by atoms with Crippen LogP contribution in [0.3, 0.4) is 0 Å². The van der Waals surface area contributed by atoms with E-state index in [1.54, 1.807) is 7.11 Å². The lowest BCUT2D eigenvalue weighted by Crippen LogP contribution is -2.42. The summed E-state index contributed by atoms with van der Waals surface area (Å²) in [5.41, 5.74) is 0. The highest BCUT2D eigenvalue weighted by atomic mass is 16.5. The SMILES string of the molecule is CCNC(=NCCCCOCCOC)NC1CC=CC1. The maximum Gasteiger partial charge on any atom is 0.191 e. The number of aliphatic imine (C=N–C) groups is 1. The summed E-state index contributed by atoms with van der Waals surface area (Å²) in [4.78, 5) is 4.60. The fourth-order valence-corrected chi connectivity index (χ4v) is 2.00. The Morgan fingerprint density at radius 3 is 2.70 bits per heavy atom. The van der Waals surface area contributed by atoms with Crippen molar-refractivity contribution in [3.05, 3.63) is 12.2 Å². The maximum atomic E-state index is 5.42. The number of unbranched alkanes of at least 4 members (excludes halogenated alkanes) is 1. The van der Waals surface area contributed by atoms with Crippen molar-refractivity contribution >= 4 is 5.96 Å². The lowest BCUT2D eigenvalue weighted by atomic mass is 10.2. The standard InChI is InChI=1S/C15H29N3O2/c1-3-16-15(18-14-8-4-5-9-14)17-10-6-7-11-20-13-12-19-2/h4-5,14H,3,6-13H2,1-2H3,(H2,16,17,18). The summed E-state index contributed by atoms with van der Waals surface area (Å²) in [5, 5.41) is 6.76. The van der Waals surface area contributed by atoms with Gasteiger partial charge < -0.3 is 20.1 Å². The Morgan fingerprint density at radius 1 is 1.20 bits per heavy atom. The number of methoxy groups -OCH3 is 1. The molecule has 0 atom stereocenters. The normalized spacial score (nSPS) is 15.8. The Kier molecular flexibility index (Phi) is 9.96. The van der Waals surface area contributed by atoms with Crippen LogP contribution in [0.4, 0.5) is 0 Å². The molecular weight excluding hydrogens is 254 g/mol. The molecule has 1 aliphatic rings. The second-order valence-corrected chi connectivity index (χ2v) is 4.86. The first-order valence-electron chi connectivity index (χ1n) is 7.63. The summed E-state index contributed by atoms with van der Waals surface area (Å²) in [6.07, 6.45) is 8.72. The molecule has 0 heterocycles. The number of rotatable bonds is 10. The van der Waals surface area contributed by atoms with E-state index in [-0.39, 0.29) is 0 Å². The third-order valence-electron chi connectivity index (χ3n) is 3.09. The van der Waals surface area contributed by atoms with E-state index in [9.17, 15) is 0 Å². The zero-order valence-electron chi connectivity index (χ0n) is 12.9. The van der Waals surface area contributed by atoms with Crippen molar-refractivity contribution < 1.29 is 9.47 Å². The predicted octanol–water partition coefficient (Wildman–Crippen LogP) is 1.70. The minimum absolute atomic E-state index is 0.505. The van der Waals surface area contributed by atoms with Gasteiger partial charge in [-0.3, -0.25) is 4.99 Å². The molecule has 0 radical (unpaired) electrons. The van der Waals surface area contributed by atoms with Gasteiger partial charge in [-0.15, -0.1) is 0 Å². The average Bonchev–Trinajstić information content (AvgIpc) is 2.95. The van der Waals surface area contributed by atoms with Gasteiger partial charge in [0, 0.05) is 32.8 Å². The zero-order valence-corrected chi connectivity index (χ0v) is 12.9. The number of nitrogens with one attached hydrogen (secondary N) is 2. The molecule has 0 aromatic rings. The van der Waals surface area contributed by atoms with Crippen LogP contribution in [0.2, 0.25) is 0 Å².